The number of benzene rings is 1. The maximum Gasteiger partial charge on any atom is 0.254 e. The first-order valence-corrected chi connectivity index (χ1v) is 8.17. The van der Waals surface area contributed by atoms with Crippen LogP contribution in [-0.4, -0.2) is 21.2 Å². The maximum absolute atomic E-state index is 12.3. The predicted octanol–water partition coefficient (Wildman–Crippen LogP) is 2.88. The van der Waals surface area contributed by atoms with E-state index >= 15 is 0 Å². The molecule has 0 saturated heterocycles. The molecule has 1 atom stereocenters. The molecule has 1 aliphatic rings. The molecule has 2 heterocycles. The van der Waals surface area contributed by atoms with Crippen molar-refractivity contribution in [3.05, 3.63) is 51.4 Å². The molecule has 0 spiro atoms. The van der Waals surface area contributed by atoms with E-state index in [1.807, 2.05) is 13.0 Å². The van der Waals surface area contributed by atoms with Gasteiger partial charge in [-0.3, -0.25) is 14.2 Å². The highest BCUT2D eigenvalue weighted by molar-refractivity contribution is 7.99. The van der Waals surface area contributed by atoms with Gasteiger partial charge in [0.1, 0.15) is 0 Å². The van der Waals surface area contributed by atoms with Crippen molar-refractivity contribution in [1.29, 1.82) is 0 Å². The van der Waals surface area contributed by atoms with E-state index in [-0.39, 0.29) is 23.9 Å². The van der Waals surface area contributed by atoms with Crippen molar-refractivity contribution in [1.82, 2.24) is 9.55 Å². The number of rotatable bonds is 3. The fraction of sp³-hybridized carbons (Fsp3) is 0.267. The number of nitrogens with zero attached hydrogens (tertiary/aromatic N) is 2. The second kappa shape index (κ2) is 6.14. The van der Waals surface area contributed by atoms with E-state index in [0.717, 1.165) is 5.56 Å². The van der Waals surface area contributed by atoms with Gasteiger partial charge in [-0.05, 0) is 24.6 Å². The van der Waals surface area contributed by atoms with Crippen LogP contribution in [0.25, 0.3) is 0 Å². The van der Waals surface area contributed by atoms with Crippen LogP contribution in [0.1, 0.15) is 18.0 Å². The van der Waals surface area contributed by atoms with Crippen molar-refractivity contribution in [2.24, 2.45) is 0 Å². The van der Waals surface area contributed by atoms with Gasteiger partial charge in [-0.15, -0.1) is 0 Å². The average Bonchev–Trinajstić information content (AvgIpc) is 2.87. The Kier molecular flexibility index (Phi) is 4.22. The molecule has 0 bridgehead atoms. The van der Waals surface area contributed by atoms with Gasteiger partial charge in [0.15, 0.2) is 5.16 Å². The second-order valence-electron chi connectivity index (χ2n) is 5.11. The third-order valence-corrected chi connectivity index (χ3v) is 4.86. The Balaban J connectivity index is 1.74. The SMILES string of the molecule is Cc1ccc(Cl)cc1NC(=O)CC1CSc2nccc(=O)n21. The molecule has 1 amide bonds. The highest BCUT2D eigenvalue weighted by Gasteiger charge is 2.26. The normalized spacial score (nSPS) is 16.4. The molecule has 5 nitrogen and oxygen atoms in total. The molecule has 1 aromatic heterocycles. The van der Waals surface area contributed by atoms with Gasteiger partial charge >= 0.3 is 0 Å². The number of aromatic nitrogens is 2. The molecule has 1 unspecified atom stereocenters. The number of hydrogen-bond donors (Lipinski definition) is 1. The van der Waals surface area contributed by atoms with Crippen LogP contribution in [0.4, 0.5) is 5.69 Å². The number of anilines is 1. The van der Waals surface area contributed by atoms with Crippen molar-refractivity contribution >= 4 is 35.0 Å². The molecule has 0 radical (unpaired) electrons. The first-order chi connectivity index (χ1) is 10.5. The van der Waals surface area contributed by atoms with Crippen LogP contribution in [0.15, 0.2) is 40.4 Å². The topological polar surface area (TPSA) is 64.0 Å². The first-order valence-electron chi connectivity index (χ1n) is 6.81. The zero-order chi connectivity index (χ0) is 15.7. The quantitative estimate of drug-likeness (QED) is 0.876. The van der Waals surface area contributed by atoms with Gasteiger partial charge in [-0.25, -0.2) is 4.98 Å². The molecule has 2 aromatic rings. The molecule has 1 aromatic carbocycles. The summed E-state index contributed by atoms with van der Waals surface area (Å²) in [5.74, 6) is 0.536. The van der Waals surface area contributed by atoms with E-state index in [0.29, 0.717) is 21.6 Å². The van der Waals surface area contributed by atoms with E-state index in [4.69, 9.17) is 11.6 Å². The maximum atomic E-state index is 12.3. The lowest BCUT2D eigenvalue weighted by molar-refractivity contribution is -0.116. The fourth-order valence-electron chi connectivity index (χ4n) is 2.38. The third kappa shape index (κ3) is 3.03. The van der Waals surface area contributed by atoms with Gasteiger partial charge < -0.3 is 5.32 Å². The Morgan fingerprint density at radius 3 is 3.14 bits per heavy atom. The number of fused-ring (bicyclic) bond motifs is 1. The molecule has 3 rings (SSSR count). The molecule has 22 heavy (non-hydrogen) atoms. The van der Waals surface area contributed by atoms with Crippen LogP contribution in [0.5, 0.6) is 0 Å². The number of carbonyl (C=O) groups excluding carboxylic acids is 1. The van der Waals surface area contributed by atoms with Gasteiger partial charge in [0.25, 0.3) is 5.56 Å². The van der Waals surface area contributed by atoms with Crippen LogP contribution < -0.4 is 10.9 Å². The Hall–Kier alpha value is -1.79. The highest BCUT2D eigenvalue weighted by Crippen LogP contribution is 2.31. The zero-order valence-electron chi connectivity index (χ0n) is 11.9. The smallest absolute Gasteiger partial charge is 0.254 e. The van der Waals surface area contributed by atoms with Gasteiger partial charge in [-0.2, -0.15) is 0 Å². The Morgan fingerprint density at radius 1 is 1.50 bits per heavy atom. The summed E-state index contributed by atoms with van der Waals surface area (Å²) in [7, 11) is 0. The average molecular weight is 336 g/mol. The number of carbonyl (C=O) groups is 1. The van der Waals surface area contributed by atoms with Gasteiger partial charge in [0.05, 0.1) is 6.04 Å². The number of amides is 1. The Morgan fingerprint density at radius 2 is 2.32 bits per heavy atom. The second-order valence-corrected chi connectivity index (χ2v) is 6.54. The van der Waals surface area contributed by atoms with Crippen LogP contribution >= 0.6 is 23.4 Å². The van der Waals surface area contributed by atoms with E-state index in [2.05, 4.69) is 10.3 Å². The van der Waals surface area contributed by atoms with Gasteiger partial charge in [0.2, 0.25) is 5.91 Å². The minimum atomic E-state index is -0.166. The van der Waals surface area contributed by atoms with Crippen molar-refractivity contribution in [2.75, 3.05) is 11.1 Å². The molecule has 0 saturated carbocycles. The third-order valence-electron chi connectivity index (χ3n) is 3.51. The zero-order valence-corrected chi connectivity index (χ0v) is 13.4. The van der Waals surface area contributed by atoms with Crippen molar-refractivity contribution in [2.45, 2.75) is 24.5 Å². The lowest BCUT2D eigenvalue weighted by atomic mass is 10.1. The summed E-state index contributed by atoms with van der Waals surface area (Å²) in [6.45, 7) is 1.90. The minimum absolute atomic E-state index is 0.119. The van der Waals surface area contributed by atoms with Crippen LogP contribution in [0.3, 0.4) is 0 Å². The molecule has 1 aliphatic heterocycles. The summed E-state index contributed by atoms with van der Waals surface area (Å²) >= 11 is 7.44. The molecule has 114 valence electrons. The van der Waals surface area contributed by atoms with Gasteiger partial charge in [-0.1, -0.05) is 29.4 Å². The standard InChI is InChI=1S/C15H14ClN3O2S/c1-9-2-3-10(16)6-12(9)18-13(20)7-11-8-22-15-17-5-4-14(21)19(11)15/h2-6,11H,7-8H2,1H3,(H,18,20). The molecular weight excluding hydrogens is 322 g/mol. The van der Waals surface area contributed by atoms with Gasteiger partial charge in [0, 0.05) is 35.1 Å². The number of aryl methyl sites for hydroxylation is 1. The van der Waals surface area contributed by atoms with Crippen LogP contribution in [0.2, 0.25) is 5.02 Å². The largest absolute Gasteiger partial charge is 0.326 e. The summed E-state index contributed by atoms with van der Waals surface area (Å²) in [5.41, 5.74) is 1.52. The van der Waals surface area contributed by atoms with Crippen LogP contribution in [0, 0.1) is 6.92 Å². The minimum Gasteiger partial charge on any atom is -0.326 e. The highest BCUT2D eigenvalue weighted by atomic mass is 35.5. The summed E-state index contributed by atoms with van der Waals surface area (Å²) in [5, 5.41) is 4.10. The van der Waals surface area contributed by atoms with E-state index in [9.17, 15) is 9.59 Å². The van der Waals surface area contributed by atoms with Crippen molar-refractivity contribution < 1.29 is 4.79 Å². The van der Waals surface area contributed by atoms with Crippen LogP contribution in [-0.2, 0) is 4.79 Å². The monoisotopic (exact) mass is 335 g/mol. The lowest BCUT2D eigenvalue weighted by Crippen LogP contribution is -2.27. The summed E-state index contributed by atoms with van der Waals surface area (Å²) in [4.78, 5) is 28.3. The summed E-state index contributed by atoms with van der Waals surface area (Å²) in [6, 6.07) is 6.61. The summed E-state index contributed by atoms with van der Waals surface area (Å²) in [6.07, 6.45) is 1.73. The van der Waals surface area contributed by atoms with E-state index in [1.54, 1.807) is 16.7 Å². The first kappa shape index (κ1) is 15.1. The number of nitrogens with one attached hydrogen (secondary N) is 1. The Labute approximate surface area is 136 Å². The predicted molar refractivity (Wildman–Crippen MR) is 87.7 cm³/mol. The van der Waals surface area contributed by atoms with Crippen molar-refractivity contribution in [3.8, 4) is 0 Å². The molecule has 7 heteroatoms. The molecule has 0 fully saturated rings. The fourth-order valence-corrected chi connectivity index (χ4v) is 3.68. The Bertz CT molecular complexity index is 791. The number of halogens is 1. The number of hydrogen-bond acceptors (Lipinski definition) is 4. The summed E-state index contributed by atoms with van der Waals surface area (Å²) < 4.78 is 1.59. The van der Waals surface area contributed by atoms with Crippen molar-refractivity contribution in [3.63, 3.8) is 0 Å². The number of thioether (sulfide) groups is 1. The molecular formula is C15H14ClN3O2S. The van der Waals surface area contributed by atoms with E-state index in [1.165, 1.54) is 24.0 Å². The lowest BCUT2D eigenvalue weighted by Gasteiger charge is -2.14. The molecule has 0 aliphatic carbocycles. The van der Waals surface area contributed by atoms with E-state index < -0.39 is 0 Å². The molecule has 1 N–H and O–H groups in total.